The number of hydrogen-bond acceptors (Lipinski definition) is 2. The number of benzene rings is 1. The Morgan fingerprint density at radius 1 is 1.29 bits per heavy atom. The van der Waals surface area contributed by atoms with Gasteiger partial charge in [0.1, 0.15) is 10.2 Å². The molecule has 72 valence electrons. The topological polar surface area (TPSA) is 12.9 Å². The van der Waals surface area contributed by atoms with Gasteiger partial charge in [0.05, 0.1) is 0 Å². The van der Waals surface area contributed by atoms with E-state index in [0.717, 1.165) is 5.01 Å². The highest BCUT2D eigenvalue weighted by molar-refractivity contribution is 7.13. The molecule has 0 saturated carbocycles. The minimum atomic E-state index is 0.575. The van der Waals surface area contributed by atoms with Gasteiger partial charge >= 0.3 is 0 Å². The lowest BCUT2D eigenvalue weighted by Crippen LogP contribution is -1.85. The molecule has 0 saturated heterocycles. The van der Waals surface area contributed by atoms with Crippen molar-refractivity contribution in [3.05, 3.63) is 39.9 Å². The molecule has 1 nitrogen and oxygen atoms in total. The summed E-state index contributed by atoms with van der Waals surface area (Å²) in [6, 6.07) is 6.23. The first-order valence-corrected chi connectivity index (χ1v) is 5.62. The SMILES string of the molecule is Cc1cccc(-c2nc(Cl)cs2)c1C. The first kappa shape index (κ1) is 9.69. The minimum absolute atomic E-state index is 0.575. The summed E-state index contributed by atoms with van der Waals surface area (Å²) in [6.45, 7) is 4.22. The van der Waals surface area contributed by atoms with Crippen LogP contribution in [-0.4, -0.2) is 4.98 Å². The number of halogens is 1. The van der Waals surface area contributed by atoms with Crippen LogP contribution in [0, 0.1) is 13.8 Å². The Hall–Kier alpha value is -0.860. The Morgan fingerprint density at radius 2 is 2.07 bits per heavy atom. The van der Waals surface area contributed by atoms with E-state index < -0.39 is 0 Å². The Balaban J connectivity index is 2.57. The third-order valence-electron chi connectivity index (χ3n) is 2.31. The molecule has 14 heavy (non-hydrogen) atoms. The first-order valence-electron chi connectivity index (χ1n) is 4.36. The fourth-order valence-corrected chi connectivity index (χ4v) is 2.39. The summed E-state index contributed by atoms with van der Waals surface area (Å²) in [5.74, 6) is 0. The minimum Gasteiger partial charge on any atom is -0.224 e. The molecule has 0 unspecified atom stereocenters. The molecule has 1 heterocycles. The predicted molar refractivity (Wildman–Crippen MR) is 62.0 cm³/mol. The van der Waals surface area contributed by atoms with Crippen LogP contribution in [0.1, 0.15) is 11.1 Å². The molecule has 1 aromatic carbocycles. The molecule has 3 heteroatoms. The van der Waals surface area contributed by atoms with E-state index in [0.29, 0.717) is 5.15 Å². The molecular formula is C11H10ClNS. The van der Waals surface area contributed by atoms with E-state index >= 15 is 0 Å². The second-order valence-corrected chi connectivity index (χ2v) is 4.47. The van der Waals surface area contributed by atoms with Gasteiger partial charge in [0.15, 0.2) is 0 Å². The number of rotatable bonds is 1. The van der Waals surface area contributed by atoms with Gasteiger partial charge in [-0.1, -0.05) is 29.8 Å². The van der Waals surface area contributed by atoms with Gasteiger partial charge < -0.3 is 0 Å². The fourth-order valence-electron chi connectivity index (χ4n) is 1.36. The Morgan fingerprint density at radius 3 is 2.71 bits per heavy atom. The normalized spacial score (nSPS) is 10.5. The van der Waals surface area contributed by atoms with E-state index in [-0.39, 0.29) is 0 Å². The van der Waals surface area contributed by atoms with E-state index in [1.807, 2.05) is 11.4 Å². The van der Waals surface area contributed by atoms with Gasteiger partial charge in [-0.15, -0.1) is 11.3 Å². The summed E-state index contributed by atoms with van der Waals surface area (Å²) >= 11 is 7.38. The maximum Gasteiger partial charge on any atom is 0.140 e. The Bertz CT molecular complexity index is 462. The second kappa shape index (κ2) is 3.71. The van der Waals surface area contributed by atoms with Crippen molar-refractivity contribution >= 4 is 22.9 Å². The Labute approximate surface area is 92.4 Å². The van der Waals surface area contributed by atoms with E-state index in [4.69, 9.17) is 11.6 Å². The third-order valence-corrected chi connectivity index (χ3v) is 3.51. The number of aromatic nitrogens is 1. The molecule has 0 spiro atoms. The monoisotopic (exact) mass is 223 g/mol. The average molecular weight is 224 g/mol. The molecule has 2 rings (SSSR count). The molecular weight excluding hydrogens is 214 g/mol. The second-order valence-electron chi connectivity index (χ2n) is 3.22. The van der Waals surface area contributed by atoms with Gasteiger partial charge in [-0.25, -0.2) is 4.98 Å². The van der Waals surface area contributed by atoms with Crippen LogP contribution < -0.4 is 0 Å². The van der Waals surface area contributed by atoms with Crippen LogP contribution in [-0.2, 0) is 0 Å². The van der Waals surface area contributed by atoms with Gasteiger partial charge in [0.2, 0.25) is 0 Å². The lowest BCUT2D eigenvalue weighted by Gasteiger charge is -2.04. The maximum absolute atomic E-state index is 5.80. The highest BCUT2D eigenvalue weighted by atomic mass is 35.5. The number of hydrogen-bond donors (Lipinski definition) is 0. The largest absolute Gasteiger partial charge is 0.224 e. The van der Waals surface area contributed by atoms with E-state index in [9.17, 15) is 0 Å². The average Bonchev–Trinajstić information content (AvgIpc) is 2.57. The van der Waals surface area contributed by atoms with Crippen molar-refractivity contribution < 1.29 is 0 Å². The summed E-state index contributed by atoms with van der Waals surface area (Å²) < 4.78 is 0. The zero-order chi connectivity index (χ0) is 10.1. The van der Waals surface area contributed by atoms with Crippen molar-refractivity contribution in [2.45, 2.75) is 13.8 Å². The zero-order valence-electron chi connectivity index (χ0n) is 8.04. The van der Waals surface area contributed by atoms with Crippen molar-refractivity contribution in [1.29, 1.82) is 0 Å². The molecule has 0 aliphatic carbocycles. The van der Waals surface area contributed by atoms with Gasteiger partial charge in [0.25, 0.3) is 0 Å². The van der Waals surface area contributed by atoms with Crippen LogP contribution in [0.25, 0.3) is 10.6 Å². The molecule has 0 aliphatic heterocycles. The van der Waals surface area contributed by atoms with E-state index in [2.05, 4.69) is 31.0 Å². The highest BCUT2D eigenvalue weighted by Crippen LogP contribution is 2.29. The van der Waals surface area contributed by atoms with Crippen molar-refractivity contribution in [1.82, 2.24) is 4.98 Å². The smallest absolute Gasteiger partial charge is 0.140 e. The molecule has 0 N–H and O–H groups in total. The number of nitrogens with zero attached hydrogens (tertiary/aromatic N) is 1. The summed E-state index contributed by atoms with van der Waals surface area (Å²) in [5.41, 5.74) is 3.74. The molecule has 2 aromatic rings. The van der Waals surface area contributed by atoms with Crippen LogP contribution in [0.3, 0.4) is 0 Å². The molecule has 0 bridgehead atoms. The van der Waals surface area contributed by atoms with Gasteiger partial charge in [-0.05, 0) is 25.0 Å². The van der Waals surface area contributed by atoms with Crippen LogP contribution in [0.5, 0.6) is 0 Å². The number of aryl methyl sites for hydroxylation is 1. The fraction of sp³-hybridized carbons (Fsp3) is 0.182. The molecule has 0 aliphatic rings. The predicted octanol–water partition coefficient (Wildman–Crippen LogP) is 4.08. The van der Waals surface area contributed by atoms with Crippen LogP contribution in [0.2, 0.25) is 5.15 Å². The summed E-state index contributed by atoms with van der Waals surface area (Å²) in [4.78, 5) is 4.27. The Kier molecular flexibility index (Phi) is 2.57. The molecule has 0 amide bonds. The third kappa shape index (κ3) is 1.68. The molecule has 0 fully saturated rings. The number of thiazole rings is 1. The molecule has 0 atom stereocenters. The summed E-state index contributed by atoms with van der Waals surface area (Å²) in [7, 11) is 0. The van der Waals surface area contributed by atoms with Crippen molar-refractivity contribution in [3.8, 4) is 10.6 Å². The summed E-state index contributed by atoms with van der Waals surface area (Å²) in [5, 5.41) is 3.43. The standard InChI is InChI=1S/C11H10ClNS/c1-7-4-3-5-9(8(7)2)11-13-10(12)6-14-11/h3-6H,1-2H3. The van der Waals surface area contributed by atoms with Crippen molar-refractivity contribution in [2.75, 3.05) is 0 Å². The molecule has 0 radical (unpaired) electrons. The van der Waals surface area contributed by atoms with Crippen LogP contribution in [0.4, 0.5) is 0 Å². The maximum atomic E-state index is 5.80. The van der Waals surface area contributed by atoms with Crippen LogP contribution in [0.15, 0.2) is 23.6 Å². The first-order chi connectivity index (χ1) is 6.68. The van der Waals surface area contributed by atoms with Crippen LogP contribution >= 0.6 is 22.9 Å². The quantitative estimate of drug-likeness (QED) is 0.710. The van der Waals surface area contributed by atoms with Gasteiger partial charge in [-0.2, -0.15) is 0 Å². The molecule has 1 aromatic heterocycles. The highest BCUT2D eigenvalue weighted by Gasteiger charge is 2.07. The lowest BCUT2D eigenvalue weighted by molar-refractivity contribution is 1.32. The van der Waals surface area contributed by atoms with E-state index in [1.165, 1.54) is 16.7 Å². The van der Waals surface area contributed by atoms with E-state index in [1.54, 1.807) is 11.3 Å². The van der Waals surface area contributed by atoms with Gasteiger partial charge in [-0.3, -0.25) is 0 Å². The van der Waals surface area contributed by atoms with Crippen molar-refractivity contribution in [3.63, 3.8) is 0 Å². The lowest BCUT2D eigenvalue weighted by atomic mass is 10.0. The van der Waals surface area contributed by atoms with Gasteiger partial charge in [0, 0.05) is 10.9 Å². The zero-order valence-corrected chi connectivity index (χ0v) is 9.62. The van der Waals surface area contributed by atoms with Crippen molar-refractivity contribution in [2.24, 2.45) is 0 Å². The summed E-state index contributed by atoms with van der Waals surface area (Å²) in [6.07, 6.45) is 0.